The van der Waals surface area contributed by atoms with Gasteiger partial charge < -0.3 is 9.73 Å². The molecule has 0 atom stereocenters. The fourth-order valence-electron chi connectivity index (χ4n) is 2.66. The summed E-state index contributed by atoms with van der Waals surface area (Å²) < 4.78 is 5.23. The van der Waals surface area contributed by atoms with E-state index in [1.807, 2.05) is 24.3 Å². The zero-order valence-electron chi connectivity index (χ0n) is 11.3. The largest absolute Gasteiger partial charge is 0.444 e. The Labute approximate surface area is 118 Å². The van der Waals surface area contributed by atoms with Gasteiger partial charge in [0, 0.05) is 17.2 Å². The molecule has 1 aromatic carbocycles. The quantitative estimate of drug-likeness (QED) is 0.930. The molecule has 104 valence electrons. The summed E-state index contributed by atoms with van der Waals surface area (Å²) in [4.78, 5) is 16.1. The molecule has 0 spiro atoms. The number of rotatable bonds is 3. The Balaban J connectivity index is 1.66. The zero-order chi connectivity index (χ0) is 13.8. The van der Waals surface area contributed by atoms with Crippen molar-refractivity contribution in [1.29, 1.82) is 0 Å². The fraction of sp³-hybridized carbons (Fsp3) is 0.375. The third kappa shape index (κ3) is 2.90. The van der Waals surface area contributed by atoms with Crippen LogP contribution in [-0.4, -0.2) is 16.9 Å². The predicted molar refractivity (Wildman–Crippen MR) is 76.3 cm³/mol. The zero-order valence-corrected chi connectivity index (χ0v) is 11.3. The molecule has 1 fully saturated rings. The van der Waals surface area contributed by atoms with Crippen LogP contribution in [0.5, 0.6) is 0 Å². The van der Waals surface area contributed by atoms with E-state index >= 15 is 0 Å². The van der Waals surface area contributed by atoms with Gasteiger partial charge in [0.05, 0.1) is 6.20 Å². The number of carbonyl (C=O) groups is 1. The van der Waals surface area contributed by atoms with E-state index in [2.05, 4.69) is 10.3 Å². The highest BCUT2D eigenvalue weighted by Crippen LogP contribution is 2.20. The van der Waals surface area contributed by atoms with Crippen molar-refractivity contribution >= 4 is 5.91 Å². The van der Waals surface area contributed by atoms with Crippen molar-refractivity contribution in [3.8, 4) is 11.3 Å². The van der Waals surface area contributed by atoms with Gasteiger partial charge in [0.2, 0.25) is 0 Å². The Bertz CT molecular complexity index is 555. The predicted octanol–water partition coefficient (Wildman–Crippen LogP) is 3.40. The number of nitrogens with zero attached hydrogens (tertiary/aromatic N) is 1. The topological polar surface area (TPSA) is 55.1 Å². The fourth-order valence-corrected chi connectivity index (χ4v) is 2.66. The van der Waals surface area contributed by atoms with Gasteiger partial charge in [-0.25, -0.2) is 4.98 Å². The first-order chi connectivity index (χ1) is 9.83. The third-order valence-electron chi connectivity index (χ3n) is 3.80. The Morgan fingerprint density at radius 1 is 1.15 bits per heavy atom. The maximum Gasteiger partial charge on any atom is 0.251 e. The Hall–Kier alpha value is -2.10. The van der Waals surface area contributed by atoms with Crippen LogP contribution < -0.4 is 5.32 Å². The van der Waals surface area contributed by atoms with Crippen molar-refractivity contribution in [1.82, 2.24) is 10.3 Å². The lowest BCUT2D eigenvalue weighted by Gasteiger charge is -2.22. The van der Waals surface area contributed by atoms with E-state index in [0.29, 0.717) is 17.4 Å². The Kier molecular flexibility index (Phi) is 3.81. The summed E-state index contributed by atoms with van der Waals surface area (Å²) in [7, 11) is 0. The van der Waals surface area contributed by atoms with Crippen LogP contribution in [0.2, 0.25) is 0 Å². The minimum Gasteiger partial charge on any atom is -0.444 e. The lowest BCUT2D eigenvalue weighted by molar-refractivity contribution is 0.0927. The van der Waals surface area contributed by atoms with Crippen LogP contribution in [0.15, 0.2) is 41.3 Å². The maximum atomic E-state index is 12.2. The number of carbonyl (C=O) groups excluding carboxylic acids is 1. The molecule has 1 amide bonds. The molecule has 0 aliphatic heterocycles. The first-order valence-corrected chi connectivity index (χ1v) is 7.13. The molecule has 2 aromatic rings. The van der Waals surface area contributed by atoms with Crippen LogP contribution in [-0.2, 0) is 0 Å². The van der Waals surface area contributed by atoms with Crippen molar-refractivity contribution in [2.24, 2.45) is 0 Å². The Morgan fingerprint density at radius 2 is 1.90 bits per heavy atom. The van der Waals surface area contributed by atoms with Crippen molar-refractivity contribution in [2.45, 2.75) is 38.1 Å². The van der Waals surface area contributed by atoms with Crippen LogP contribution in [0, 0.1) is 0 Å². The normalized spacial score (nSPS) is 16.0. The first-order valence-electron chi connectivity index (χ1n) is 7.13. The van der Waals surface area contributed by atoms with Gasteiger partial charge in [-0.2, -0.15) is 0 Å². The van der Waals surface area contributed by atoms with Crippen molar-refractivity contribution in [3.63, 3.8) is 0 Å². The van der Waals surface area contributed by atoms with Crippen molar-refractivity contribution in [3.05, 3.63) is 42.4 Å². The molecule has 0 radical (unpaired) electrons. The summed E-state index contributed by atoms with van der Waals surface area (Å²) in [5, 5.41) is 3.11. The molecule has 0 bridgehead atoms. The summed E-state index contributed by atoms with van der Waals surface area (Å²) in [6.45, 7) is 0. The number of oxazole rings is 1. The average molecular weight is 270 g/mol. The number of nitrogens with one attached hydrogen (secondary N) is 1. The maximum absolute atomic E-state index is 12.2. The third-order valence-corrected chi connectivity index (χ3v) is 3.80. The molecular weight excluding hydrogens is 252 g/mol. The molecule has 1 aliphatic rings. The molecule has 1 aliphatic carbocycles. The second-order valence-electron chi connectivity index (χ2n) is 5.25. The number of hydrogen-bond donors (Lipinski definition) is 1. The number of hydrogen-bond acceptors (Lipinski definition) is 3. The monoisotopic (exact) mass is 270 g/mol. The van der Waals surface area contributed by atoms with Gasteiger partial charge in [-0.05, 0) is 25.0 Å². The highest BCUT2D eigenvalue weighted by Gasteiger charge is 2.16. The van der Waals surface area contributed by atoms with E-state index in [9.17, 15) is 4.79 Å². The standard InChI is InChI=1S/C16H18N2O2/c19-16(18-14-4-2-1-3-5-14)13-8-6-12(7-9-13)15-10-17-11-20-15/h6-11,14H,1-5H2,(H,18,19). The minimum atomic E-state index is 0.0148. The molecule has 1 heterocycles. The van der Waals surface area contributed by atoms with E-state index < -0.39 is 0 Å². The molecule has 0 unspecified atom stereocenters. The lowest BCUT2D eigenvalue weighted by atomic mass is 9.95. The highest BCUT2D eigenvalue weighted by molar-refractivity contribution is 5.94. The van der Waals surface area contributed by atoms with Crippen LogP contribution >= 0.6 is 0 Å². The van der Waals surface area contributed by atoms with Gasteiger partial charge in [0.1, 0.15) is 0 Å². The van der Waals surface area contributed by atoms with Crippen LogP contribution in [0.25, 0.3) is 11.3 Å². The minimum absolute atomic E-state index is 0.0148. The molecular formula is C16H18N2O2. The molecule has 1 saturated carbocycles. The molecule has 1 aromatic heterocycles. The summed E-state index contributed by atoms with van der Waals surface area (Å²) >= 11 is 0. The molecule has 20 heavy (non-hydrogen) atoms. The number of amides is 1. The molecule has 0 saturated heterocycles. The second kappa shape index (κ2) is 5.90. The van der Waals surface area contributed by atoms with Crippen LogP contribution in [0.1, 0.15) is 42.5 Å². The second-order valence-corrected chi connectivity index (χ2v) is 5.25. The molecule has 1 N–H and O–H groups in total. The van der Waals surface area contributed by atoms with Crippen molar-refractivity contribution in [2.75, 3.05) is 0 Å². The van der Waals surface area contributed by atoms with E-state index in [0.717, 1.165) is 18.4 Å². The molecule has 3 rings (SSSR count). The SMILES string of the molecule is O=C(NC1CCCCC1)c1ccc(-c2cnco2)cc1. The highest BCUT2D eigenvalue weighted by atomic mass is 16.3. The van der Waals surface area contributed by atoms with Crippen LogP contribution in [0.4, 0.5) is 0 Å². The van der Waals surface area contributed by atoms with Gasteiger partial charge in [0.25, 0.3) is 5.91 Å². The van der Waals surface area contributed by atoms with Crippen LogP contribution in [0.3, 0.4) is 0 Å². The lowest BCUT2D eigenvalue weighted by Crippen LogP contribution is -2.36. The van der Waals surface area contributed by atoms with Gasteiger partial charge in [-0.15, -0.1) is 0 Å². The molecule has 4 nitrogen and oxygen atoms in total. The van der Waals surface area contributed by atoms with E-state index in [4.69, 9.17) is 4.42 Å². The van der Waals surface area contributed by atoms with E-state index in [-0.39, 0.29) is 5.91 Å². The smallest absolute Gasteiger partial charge is 0.251 e. The van der Waals surface area contributed by atoms with Gasteiger partial charge >= 0.3 is 0 Å². The Morgan fingerprint density at radius 3 is 2.55 bits per heavy atom. The summed E-state index contributed by atoms with van der Waals surface area (Å²) in [5.74, 6) is 0.727. The van der Waals surface area contributed by atoms with Gasteiger partial charge in [-0.3, -0.25) is 4.79 Å². The van der Waals surface area contributed by atoms with Gasteiger partial charge in [-0.1, -0.05) is 31.4 Å². The average Bonchev–Trinajstić information content (AvgIpc) is 3.03. The van der Waals surface area contributed by atoms with E-state index in [1.54, 1.807) is 6.20 Å². The summed E-state index contributed by atoms with van der Waals surface area (Å²) in [6.07, 6.45) is 8.99. The molecule has 4 heteroatoms. The first kappa shape index (κ1) is 12.9. The van der Waals surface area contributed by atoms with Gasteiger partial charge in [0.15, 0.2) is 12.2 Å². The van der Waals surface area contributed by atoms with Crippen molar-refractivity contribution < 1.29 is 9.21 Å². The number of benzene rings is 1. The van der Waals surface area contributed by atoms with E-state index in [1.165, 1.54) is 25.7 Å². The summed E-state index contributed by atoms with van der Waals surface area (Å²) in [5.41, 5.74) is 1.62. The summed E-state index contributed by atoms with van der Waals surface area (Å²) in [6, 6.07) is 7.77. The number of aromatic nitrogens is 1.